The number of alkyl carbamates (subject to hydrolysis) is 1. The number of hydrogen-bond acceptors (Lipinski definition) is 11. The summed E-state index contributed by atoms with van der Waals surface area (Å²) < 4.78 is 135. The summed E-state index contributed by atoms with van der Waals surface area (Å²) in [6, 6.07) is 5.61. The Kier molecular flexibility index (Phi) is 13.9. The molecule has 2 aliphatic carbocycles. The number of anilines is 2. The second-order valence-corrected chi connectivity index (χ2v) is 22.0. The standard InChI is InChI=1S/C25H31F4N3O6S.C25H26F3N3O2/c1-13-21-17(19(38-39(35,36)25(27,28)29)11-20(33)32(21)16-6-7-16)10-18(26)22(13)31-9-8-15(12-31)14(2)30-23(34)37-24(3,4)5;1-12-23-18(9-19(26)24(12)30-6-5-14(11-30)13(2)29)17(10-22(32)31(23)16-3-4-16)15-7-20(27)25(33)21(28)8-15/h10-11,14-16H,6-9,12H2,1-5H3,(H,30,34);7-10,13-14,16,33H,3-6,11,29H2,1-2H3/t14-,15+;13-,14+/m00/s1. The number of nitrogens with two attached hydrogens (primary N) is 1. The highest BCUT2D eigenvalue weighted by Crippen LogP contribution is 2.45. The summed E-state index contributed by atoms with van der Waals surface area (Å²) in [6.07, 6.45) is 3.87. The third-order valence-corrected chi connectivity index (χ3v) is 14.8. The molecule has 2 aromatic heterocycles. The van der Waals surface area contributed by atoms with Crippen LogP contribution >= 0.6 is 0 Å². The number of carbonyl (C=O) groups is 1. The van der Waals surface area contributed by atoms with E-state index < -0.39 is 67.6 Å². The average molecular weight is 1040 g/mol. The predicted molar refractivity (Wildman–Crippen MR) is 258 cm³/mol. The molecule has 0 spiro atoms. The van der Waals surface area contributed by atoms with Crippen molar-refractivity contribution in [3.63, 3.8) is 0 Å². The molecule has 14 nitrogen and oxygen atoms in total. The van der Waals surface area contributed by atoms with Gasteiger partial charge < -0.3 is 44.0 Å². The molecular formula is C50H57F7N6O8S. The number of nitrogens with one attached hydrogen (secondary N) is 1. The number of benzene rings is 3. The molecule has 4 aliphatic rings. The van der Waals surface area contributed by atoms with Gasteiger partial charge in [-0.25, -0.2) is 22.4 Å². The van der Waals surface area contributed by atoms with Crippen molar-refractivity contribution in [3.8, 4) is 22.6 Å². The van der Waals surface area contributed by atoms with Crippen LogP contribution < -0.4 is 36.2 Å². The molecule has 2 saturated heterocycles. The molecule has 22 heteroatoms. The highest BCUT2D eigenvalue weighted by Gasteiger charge is 2.49. The minimum Gasteiger partial charge on any atom is -0.503 e. The van der Waals surface area contributed by atoms with Gasteiger partial charge in [0.2, 0.25) is 0 Å². The van der Waals surface area contributed by atoms with Gasteiger partial charge in [0.15, 0.2) is 23.1 Å². The van der Waals surface area contributed by atoms with Crippen LogP contribution in [0.3, 0.4) is 0 Å². The molecule has 0 unspecified atom stereocenters. The van der Waals surface area contributed by atoms with Gasteiger partial charge in [0.05, 0.1) is 22.4 Å². The number of ether oxygens (including phenoxy) is 1. The molecule has 1 amide bonds. The van der Waals surface area contributed by atoms with E-state index in [1.54, 1.807) is 37.2 Å². The zero-order chi connectivity index (χ0) is 52.7. The molecule has 4 N–H and O–H groups in total. The molecule has 2 saturated carbocycles. The molecule has 390 valence electrons. The van der Waals surface area contributed by atoms with Crippen LogP contribution in [-0.2, 0) is 14.9 Å². The summed E-state index contributed by atoms with van der Waals surface area (Å²) in [5.41, 5.74) is 1.12. The van der Waals surface area contributed by atoms with Gasteiger partial charge in [0, 0.05) is 73.3 Å². The number of aromatic hydroxyl groups is 1. The largest absolute Gasteiger partial charge is 0.534 e. The first-order chi connectivity index (χ1) is 33.6. The van der Waals surface area contributed by atoms with Crippen LogP contribution in [0.2, 0.25) is 0 Å². The number of halogens is 7. The number of hydrogen-bond donors (Lipinski definition) is 3. The van der Waals surface area contributed by atoms with Crippen molar-refractivity contribution in [2.45, 2.75) is 122 Å². The quantitative estimate of drug-likeness (QED) is 0.0690. The predicted octanol–water partition coefficient (Wildman–Crippen LogP) is 9.36. The Morgan fingerprint density at radius 3 is 1.68 bits per heavy atom. The van der Waals surface area contributed by atoms with Gasteiger partial charge in [-0.15, -0.1) is 0 Å². The Balaban J connectivity index is 0.000000195. The first-order valence-electron chi connectivity index (χ1n) is 23.8. The molecule has 0 bridgehead atoms. The minimum atomic E-state index is -6.09. The Labute approximate surface area is 410 Å². The van der Waals surface area contributed by atoms with E-state index in [0.29, 0.717) is 73.7 Å². The van der Waals surface area contributed by atoms with Crippen LogP contribution in [0.5, 0.6) is 11.5 Å². The van der Waals surface area contributed by atoms with E-state index >= 15 is 8.78 Å². The number of carbonyl (C=O) groups excluding carboxylic acids is 1. The number of aromatic nitrogens is 2. The van der Waals surface area contributed by atoms with Gasteiger partial charge >= 0.3 is 21.7 Å². The third kappa shape index (κ3) is 10.3. The summed E-state index contributed by atoms with van der Waals surface area (Å²) >= 11 is 0. The fourth-order valence-corrected chi connectivity index (χ4v) is 10.5. The maximum atomic E-state index is 15.6. The molecule has 4 fully saturated rings. The van der Waals surface area contributed by atoms with Crippen molar-refractivity contribution in [2.75, 3.05) is 36.0 Å². The number of rotatable bonds is 10. The van der Waals surface area contributed by atoms with Crippen LogP contribution in [-0.4, -0.2) is 78.1 Å². The molecule has 4 atom stereocenters. The third-order valence-electron chi connectivity index (χ3n) is 13.9. The number of phenols is 1. The molecule has 0 radical (unpaired) electrons. The van der Waals surface area contributed by atoms with Crippen molar-refractivity contribution < 1.29 is 58.0 Å². The number of nitrogens with zero attached hydrogens (tertiary/aromatic N) is 4. The number of amides is 1. The second kappa shape index (κ2) is 19.1. The first-order valence-corrected chi connectivity index (χ1v) is 25.2. The topological polar surface area (TPSA) is 178 Å². The summed E-state index contributed by atoms with van der Waals surface area (Å²) in [5.74, 6) is -5.32. The van der Waals surface area contributed by atoms with Crippen molar-refractivity contribution in [1.82, 2.24) is 14.5 Å². The lowest BCUT2D eigenvalue weighted by Crippen LogP contribution is -2.42. The molecule has 3 aromatic carbocycles. The van der Waals surface area contributed by atoms with Gasteiger partial charge in [-0.3, -0.25) is 9.59 Å². The van der Waals surface area contributed by atoms with Crippen LogP contribution in [0, 0.1) is 49.0 Å². The van der Waals surface area contributed by atoms with Crippen LogP contribution in [0.25, 0.3) is 32.9 Å². The van der Waals surface area contributed by atoms with Gasteiger partial charge in [-0.1, -0.05) is 0 Å². The summed E-state index contributed by atoms with van der Waals surface area (Å²) in [6.45, 7) is 14.4. The number of pyridine rings is 2. The summed E-state index contributed by atoms with van der Waals surface area (Å²) in [5, 5.41) is 12.4. The Hall–Kier alpha value is -6.03. The van der Waals surface area contributed by atoms with Crippen molar-refractivity contribution >= 4 is 49.4 Å². The Morgan fingerprint density at radius 1 is 0.736 bits per heavy atom. The lowest BCUT2D eigenvalue weighted by molar-refractivity contribution is -0.0499. The highest BCUT2D eigenvalue weighted by atomic mass is 32.2. The smallest absolute Gasteiger partial charge is 0.503 e. The lowest BCUT2D eigenvalue weighted by Gasteiger charge is -2.27. The number of phenolic OH excluding ortho intramolecular Hbond substituents is 1. The Bertz CT molecular complexity index is 3200. The minimum absolute atomic E-state index is 0.00522. The monoisotopic (exact) mass is 1030 g/mol. The summed E-state index contributed by atoms with van der Waals surface area (Å²) in [4.78, 5) is 42.0. The fraction of sp³-hybridized carbons (Fsp3) is 0.500. The van der Waals surface area contributed by atoms with Gasteiger partial charge in [-0.05, 0) is 145 Å². The van der Waals surface area contributed by atoms with E-state index in [0.717, 1.165) is 37.5 Å². The number of aryl methyl sites for hydroxylation is 2. The van der Waals surface area contributed by atoms with E-state index in [2.05, 4.69) is 9.50 Å². The lowest BCUT2D eigenvalue weighted by atomic mass is 9.97. The molecular weight excluding hydrogens is 978 g/mol. The second-order valence-electron chi connectivity index (χ2n) is 20.5. The van der Waals surface area contributed by atoms with Gasteiger partial charge in [-0.2, -0.15) is 21.6 Å². The molecule has 2 aliphatic heterocycles. The van der Waals surface area contributed by atoms with E-state index in [1.165, 1.54) is 23.6 Å². The van der Waals surface area contributed by atoms with E-state index in [1.807, 2.05) is 18.7 Å². The van der Waals surface area contributed by atoms with Crippen LogP contribution in [0.4, 0.5) is 46.9 Å². The zero-order valence-corrected chi connectivity index (χ0v) is 41.5. The summed E-state index contributed by atoms with van der Waals surface area (Å²) in [7, 11) is -6.09. The zero-order valence-electron chi connectivity index (χ0n) is 40.7. The molecule has 4 heterocycles. The average Bonchev–Trinajstić information content (AvgIpc) is 4.19. The maximum Gasteiger partial charge on any atom is 0.534 e. The van der Waals surface area contributed by atoms with E-state index in [-0.39, 0.29) is 74.8 Å². The Morgan fingerprint density at radius 2 is 1.21 bits per heavy atom. The van der Waals surface area contributed by atoms with Crippen molar-refractivity contribution in [2.24, 2.45) is 17.6 Å². The highest BCUT2D eigenvalue weighted by molar-refractivity contribution is 7.88. The number of alkyl halides is 3. The van der Waals surface area contributed by atoms with Gasteiger partial charge in [0.25, 0.3) is 11.1 Å². The van der Waals surface area contributed by atoms with Crippen molar-refractivity contribution in [1.29, 1.82) is 0 Å². The molecule has 72 heavy (non-hydrogen) atoms. The van der Waals surface area contributed by atoms with Crippen LogP contribution in [0.15, 0.2) is 46.0 Å². The normalized spacial score (nSPS) is 19.4. The maximum absolute atomic E-state index is 15.6. The van der Waals surface area contributed by atoms with E-state index in [4.69, 9.17) is 10.5 Å². The van der Waals surface area contributed by atoms with Crippen molar-refractivity contribution in [3.05, 3.63) is 91.5 Å². The van der Waals surface area contributed by atoms with E-state index in [9.17, 15) is 49.9 Å². The molecule has 9 rings (SSSR count). The molecule has 5 aromatic rings. The first kappa shape index (κ1) is 52.3. The number of fused-ring (bicyclic) bond motifs is 2. The van der Waals surface area contributed by atoms with Crippen LogP contribution in [0.1, 0.15) is 96.4 Å². The fourth-order valence-electron chi connectivity index (χ4n) is 10.1. The SMILES string of the molecule is Cc1c(N2CC[C@@H]([C@H](C)N)C2)c(F)cc2c(-c3cc(F)c(O)c(F)c3)cc(=O)n(C3CC3)c12.Cc1c(N2CC[C@@H]([C@H](C)NC(=O)OC(C)(C)C)C2)c(F)cc2c(OS(=O)(=O)C(F)(F)F)cc(=O)n(C3CC3)c12. The van der Waals surface area contributed by atoms with Gasteiger partial charge in [0.1, 0.15) is 17.2 Å².